The van der Waals surface area contributed by atoms with Crippen molar-refractivity contribution in [3.05, 3.63) is 27.1 Å². The molecule has 112 valence electrons. The van der Waals surface area contributed by atoms with Gasteiger partial charge in [-0.3, -0.25) is 14.9 Å². The monoisotopic (exact) mass is 325 g/mol. The van der Waals surface area contributed by atoms with E-state index in [1.807, 2.05) is 13.8 Å². The molecule has 0 aliphatic heterocycles. The molecule has 0 fully saturated rings. The molecular weight excluding hydrogens is 310 g/mol. The average molecular weight is 325 g/mol. The van der Waals surface area contributed by atoms with Crippen LogP contribution >= 0.6 is 23.1 Å². The number of anilines is 1. The zero-order chi connectivity index (χ0) is 15.2. The van der Waals surface area contributed by atoms with E-state index >= 15 is 0 Å². The molecule has 7 nitrogen and oxygen atoms in total. The van der Waals surface area contributed by atoms with Gasteiger partial charge in [0.2, 0.25) is 11.0 Å². The molecule has 0 aliphatic rings. The SMILES string of the molecule is CCc1cc(=O)[nH]c(SCC(=O)Nc2nnc(CC)s2)n1. The van der Waals surface area contributed by atoms with Gasteiger partial charge in [0.25, 0.3) is 5.56 Å². The number of rotatable bonds is 6. The highest BCUT2D eigenvalue weighted by molar-refractivity contribution is 7.99. The smallest absolute Gasteiger partial charge is 0.251 e. The number of nitrogens with one attached hydrogen (secondary N) is 2. The van der Waals surface area contributed by atoms with E-state index in [4.69, 9.17) is 0 Å². The molecule has 0 atom stereocenters. The summed E-state index contributed by atoms with van der Waals surface area (Å²) in [5.41, 5.74) is 0.500. The summed E-state index contributed by atoms with van der Waals surface area (Å²) in [6, 6.07) is 1.46. The highest BCUT2D eigenvalue weighted by atomic mass is 32.2. The Bertz CT molecular complexity index is 682. The minimum absolute atomic E-state index is 0.150. The lowest BCUT2D eigenvalue weighted by Crippen LogP contribution is -2.15. The maximum absolute atomic E-state index is 11.8. The molecule has 2 N–H and O–H groups in total. The molecule has 0 unspecified atom stereocenters. The minimum Gasteiger partial charge on any atom is -0.301 e. The molecule has 21 heavy (non-hydrogen) atoms. The number of thioether (sulfide) groups is 1. The molecule has 2 rings (SSSR count). The van der Waals surface area contributed by atoms with Crippen molar-refractivity contribution >= 4 is 34.1 Å². The third-order valence-corrected chi connectivity index (χ3v) is 4.35. The quantitative estimate of drug-likeness (QED) is 0.616. The van der Waals surface area contributed by atoms with Gasteiger partial charge in [-0.15, -0.1) is 10.2 Å². The van der Waals surface area contributed by atoms with E-state index < -0.39 is 0 Å². The van der Waals surface area contributed by atoms with Crippen LogP contribution in [0.25, 0.3) is 0 Å². The van der Waals surface area contributed by atoms with Crippen molar-refractivity contribution in [2.24, 2.45) is 0 Å². The third kappa shape index (κ3) is 4.64. The first-order valence-corrected chi connectivity index (χ1v) is 8.26. The molecule has 0 radical (unpaired) electrons. The maximum Gasteiger partial charge on any atom is 0.251 e. The number of H-pyrrole nitrogens is 1. The van der Waals surface area contributed by atoms with Crippen LogP contribution in [-0.2, 0) is 17.6 Å². The number of carbonyl (C=O) groups excluding carboxylic acids is 1. The molecule has 0 saturated heterocycles. The molecular formula is C12H15N5O2S2. The van der Waals surface area contributed by atoms with Gasteiger partial charge in [0.15, 0.2) is 5.16 Å². The summed E-state index contributed by atoms with van der Waals surface area (Å²) < 4.78 is 0. The minimum atomic E-state index is -0.207. The topological polar surface area (TPSA) is 101 Å². The zero-order valence-electron chi connectivity index (χ0n) is 11.7. The van der Waals surface area contributed by atoms with Crippen LogP contribution in [0.3, 0.4) is 0 Å². The molecule has 9 heteroatoms. The fraction of sp³-hybridized carbons (Fsp3) is 0.417. The van der Waals surface area contributed by atoms with Crippen LogP contribution in [0.5, 0.6) is 0 Å². The average Bonchev–Trinajstić information content (AvgIpc) is 2.92. The number of aryl methyl sites for hydroxylation is 2. The first kappa shape index (κ1) is 15.6. The second kappa shape index (κ2) is 7.32. The van der Waals surface area contributed by atoms with Crippen molar-refractivity contribution in [3.8, 4) is 0 Å². The Hall–Kier alpha value is -1.74. The summed E-state index contributed by atoms with van der Waals surface area (Å²) in [6.07, 6.45) is 1.46. The van der Waals surface area contributed by atoms with E-state index in [1.165, 1.54) is 29.2 Å². The lowest BCUT2D eigenvalue weighted by Gasteiger charge is -2.02. The molecule has 2 aromatic rings. The van der Waals surface area contributed by atoms with Crippen molar-refractivity contribution in [1.82, 2.24) is 20.2 Å². The number of hydrogen-bond acceptors (Lipinski definition) is 7. The van der Waals surface area contributed by atoms with Gasteiger partial charge in [-0.05, 0) is 12.8 Å². The number of amides is 1. The molecule has 0 spiro atoms. The third-order valence-electron chi connectivity index (χ3n) is 2.49. The van der Waals surface area contributed by atoms with Crippen LogP contribution in [0, 0.1) is 0 Å². The van der Waals surface area contributed by atoms with Crippen molar-refractivity contribution in [2.45, 2.75) is 31.8 Å². The van der Waals surface area contributed by atoms with Gasteiger partial charge in [-0.25, -0.2) is 4.98 Å². The summed E-state index contributed by atoms with van der Waals surface area (Å²) in [6.45, 7) is 3.90. The lowest BCUT2D eigenvalue weighted by atomic mass is 10.3. The second-order valence-corrected chi connectivity index (χ2v) is 6.11. The summed E-state index contributed by atoms with van der Waals surface area (Å²) >= 11 is 2.54. The van der Waals surface area contributed by atoms with Gasteiger partial charge in [0.1, 0.15) is 5.01 Å². The normalized spacial score (nSPS) is 10.6. The van der Waals surface area contributed by atoms with E-state index in [2.05, 4.69) is 25.5 Å². The van der Waals surface area contributed by atoms with E-state index in [0.717, 1.165) is 11.4 Å². The summed E-state index contributed by atoms with van der Waals surface area (Å²) in [7, 11) is 0. The number of aromatic amines is 1. The molecule has 0 aliphatic carbocycles. The highest BCUT2D eigenvalue weighted by Crippen LogP contribution is 2.17. The van der Waals surface area contributed by atoms with Crippen LogP contribution < -0.4 is 10.9 Å². The second-order valence-electron chi connectivity index (χ2n) is 4.09. The Morgan fingerprint density at radius 2 is 2.19 bits per heavy atom. The van der Waals surface area contributed by atoms with Gasteiger partial charge in [0.05, 0.1) is 5.75 Å². The van der Waals surface area contributed by atoms with Crippen molar-refractivity contribution in [3.63, 3.8) is 0 Å². The van der Waals surface area contributed by atoms with Crippen molar-refractivity contribution in [2.75, 3.05) is 11.1 Å². The van der Waals surface area contributed by atoms with Gasteiger partial charge in [-0.1, -0.05) is 36.9 Å². The van der Waals surface area contributed by atoms with Gasteiger partial charge in [0, 0.05) is 11.8 Å². The fourth-order valence-corrected chi connectivity index (χ4v) is 2.86. The Kier molecular flexibility index (Phi) is 5.45. The Labute approximate surface area is 129 Å². The molecule has 0 bridgehead atoms. The zero-order valence-corrected chi connectivity index (χ0v) is 13.3. The van der Waals surface area contributed by atoms with Gasteiger partial charge < -0.3 is 4.98 Å². The predicted octanol–water partition coefficient (Wildman–Crippen LogP) is 1.48. The first-order chi connectivity index (χ1) is 10.1. The van der Waals surface area contributed by atoms with Crippen LogP contribution in [0.2, 0.25) is 0 Å². The van der Waals surface area contributed by atoms with Crippen LogP contribution in [0.1, 0.15) is 24.5 Å². The first-order valence-electron chi connectivity index (χ1n) is 6.46. The number of carbonyl (C=O) groups is 1. The lowest BCUT2D eigenvalue weighted by molar-refractivity contribution is -0.113. The van der Waals surface area contributed by atoms with E-state index in [1.54, 1.807) is 0 Å². The summed E-state index contributed by atoms with van der Waals surface area (Å²) in [5, 5.41) is 12.3. The van der Waals surface area contributed by atoms with E-state index in [-0.39, 0.29) is 17.2 Å². The van der Waals surface area contributed by atoms with Crippen LogP contribution in [-0.4, -0.2) is 31.8 Å². The molecule has 2 aromatic heterocycles. The summed E-state index contributed by atoms with van der Waals surface area (Å²) in [4.78, 5) is 30.1. The Balaban J connectivity index is 1.91. The van der Waals surface area contributed by atoms with Gasteiger partial charge in [-0.2, -0.15) is 0 Å². The molecule has 0 aromatic carbocycles. The Morgan fingerprint density at radius 1 is 1.38 bits per heavy atom. The standard InChI is InChI=1S/C12H15N5O2S2/c1-3-7-5-8(18)14-11(13-7)20-6-9(19)15-12-17-16-10(4-2)21-12/h5H,3-4,6H2,1-2H3,(H,13,14,18)(H,15,17,19). The molecule has 1 amide bonds. The largest absolute Gasteiger partial charge is 0.301 e. The maximum atomic E-state index is 11.8. The van der Waals surface area contributed by atoms with Crippen LogP contribution in [0.4, 0.5) is 5.13 Å². The molecule has 2 heterocycles. The van der Waals surface area contributed by atoms with Gasteiger partial charge >= 0.3 is 0 Å². The van der Waals surface area contributed by atoms with E-state index in [0.29, 0.717) is 22.4 Å². The molecule has 0 saturated carbocycles. The summed E-state index contributed by atoms with van der Waals surface area (Å²) in [5.74, 6) is -0.0553. The Morgan fingerprint density at radius 3 is 2.86 bits per heavy atom. The van der Waals surface area contributed by atoms with Crippen molar-refractivity contribution < 1.29 is 4.79 Å². The van der Waals surface area contributed by atoms with Crippen molar-refractivity contribution in [1.29, 1.82) is 0 Å². The van der Waals surface area contributed by atoms with E-state index in [9.17, 15) is 9.59 Å². The number of hydrogen-bond donors (Lipinski definition) is 2. The predicted molar refractivity (Wildman–Crippen MR) is 82.9 cm³/mol. The fourth-order valence-electron chi connectivity index (χ4n) is 1.47. The number of aromatic nitrogens is 4. The highest BCUT2D eigenvalue weighted by Gasteiger charge is 2.09. The van der Waals surface area contributed by atoms with Crippen LogP contribution in [0.15, 0.2) is 16.0 Å². The number of nitrogens with zero attached hydrogens (tertiary/aromatic N) is 3.